The first kappa shape index (κ1) is 19.8. The third kappa shape index (κ3) is 4.57. The van der Waals surface area contributed by atoms with E-state index in [0.717, 1.165) is 10.2 Å². The Kier molecular flexibility index (Phi) is 5.89. The SMILES string of the molecule is O=C(C=Cc1nc2ccccc2s1)OCC(=O)N1CCN(C(=O)c2ccco2)CC1. The highest BCUT2D eigenvalue weighted by molar-refractivity contribution is 7.19. The number of para-hydroxylation sites is 1. The molecule has 0 spiro atoms. The molecule has 8 nitrogen and oxygen atoms in total. The average Bonchev–Trinajstić information content (AvgIpc) is 3.45. The van der Waals surface area contributed by atoms with E-state index in [1.807, 2.05) is 24.3 Å². The Bertz CT molecular complexity index is 1050. The zero-order valence-electron chi connectivity index (χ0n) is 16.0. The highest BCUT2D eigenvalue weighted by Gasteiger charge is 2.26. The number of benzene rings is 1. The molecule has 0 unspecified atom stereocenters. The van der Waals surface area contributed by atoms with Gasteiger partial charge >= 0.3 is 5.97 Å². The van der Waals surface area contributed by atoms with E-state index in [1.54, 1.807) is 28.0 Å². The summed E-state index contributed by atoms with van der Waals surface area (Å²) in [6, 6.07) is 11.0. The molecule has 1 aromatic carbocycles. The minimum Gasteiger partial charge on any atom is -0.459 e. The van der Waals surface area contributed by atoms with Crippen LogP contribution < -0.4 is 0 Å². The quantitative estimate of drug-likeness (QED) is 0.460. The zero-order valence-corrected chi connectivity index (χ0v) is 16.8. The van der Waals surface area contributed by atoms with Gasteiger partial charge in [-0.15, -0.1) is 11.3 Å². The van der Waals surface area contributed by atoms with Gasteiger partial charge in [0.05, 0.1) is 16.5 Å². The van der Waals surface area contributed by atoms with Crippen molar-refractivity contribution >= 4 is 45.4 Å². The van der Waals surface area contributed by atoms with E-state index in [2.05, 4.69) is 4.98 Å². The van der Waals surface area contributed by atoms with Crippen molar-refractivity contribution in [3.63, 3.8) is 0 Å². The van der Waals surface area contributed by atoms with E-state index >= 15 is 0 Å². The van der Waals surface area contributed by atoms with E-state index < -0.39 is 5.97 Å². The van der Waals surface area contributed by atoms with Gasteiger partial charge in [-0.2, -0.15) is 0 Å². The number of hydrogen-bond acceptors (Lipinski definition) is 7. The smallest absolute Gasteiger partial charge is 0.331 e. The number of hydrogen-bond donors (Lipinski definition) is 0. The van der Waals surface area contributed by atoms with Gasteiger partial charge in [-0.1, -0.05) is 12.1 Å². The molecular formula is C21H19N3O5S. The van der Waals surface area contributed by atoms with Crippen molar-refractivity contribution in [3.05, 3.63) is 59.5 Å². The molecule has 1 aliphatic rings. The van der Waals surface area contributed by atoms with Crippen LogP contribution in [-0.4, -0.2) is 65.4 Å². The number of ether oxygens (including phenoxy) is 1. The molecule has 2 amide bonds. The van der Waals surface area contributed by atoms with Crippen LogP contribution in [0.1, 0.15) is 15.6 Å². The largest absolute Gasteiger partial charge is 0.459 e. The predicted octanol–water partition coefficient (Wildman–Crippen LogP) is 2.43. The van der Waals surface area contributed by atoms with E-state index in [-0.39, 0.29) is 24.2 Å². The third-order valence-corrected chi connectivity index (χ3v) is 5.66. The van der Waals surface area contributed by atoms with Crippen molar-refractivity contribution in [2.24, 2.45) is 0 Å². The number of piperazine rings is 1. The summed E-state index contributed by atoms with van der Waals surface area (Å²) in [6.45, 7) is 1.22. The van der Waals surface area contributed by atoms with Crippen molar-refractivity contribution in [3.8, 4) is 0 Å². The molecule has 9 heteroatoms. The summed E-state index contributed by atoms with van der Waals surface area (Å²) in [5, 5.41) is 0.692. The van der Waals surface area contributed by atoms with Gasteiger partial charge in [0.25, 0.3) is 11.8 Å². The van der Waals surface area contributed by atoms with Crippen LogP contribution >= 0.6 is 11.3 Å². The maximum atomic E-state index is 12.3. The third-order valence-electron chi connectivity index (χ3n) is 4.66. The van der Waals surface area contributed by atoms with Crippen LogP contribution in [0.25, 0.3) is 16.3 Å². The van der Waals surface area contributed by atoms with Gasteiger partial charge in [0.15, 0.2) is 12.4 Å². The Morgan fingerprint density at radius 3 is 2.57 bits per heavy atom. The summed E-state index contributed by atoms with van der Waals surface area (Å²) in [6.07, 6.45) is 4.30. The van der Waals surface area contributed by atoms with E-state index in [1.165, 1.54) is 23.7 Å². The van der Waals surface area contributed by atoms with Crippen molar-refractivity contribution in [1.29, 1.82) is 0 Å². The first-order valence-corrected chi connectivity index (χ1v) is 10.2. The number of fused-ring (bicyclic) bond motifs is 1. The molecule has 0 atom stereocenters. The lowest BCUT2D eigenvalue weighted by Crippen LogP contribution is -2.51. The highest BCUT2D eigenvalue weighted by Crippen LogP contribution is 2.22. The summed E-state index contributed by atoms with van der Waals surface area (Å²) in [4.78, 5) is 44.1. The van der Waals surface area contributed by atoms with Crippen molar-refractivity contribution in [2.45, 2.75) is 0 Å². The summed E-state index contributed by atoms with van der Waals surface area (Å²) in [5.74, 6) is -0.807. The second kappa shape index (κ2) is 8.91. The number of esters is 1. The molecule has 2 aromatic heterocycles. The van der Waals surface area contributed by atoms with E-state index in [9.17, 15) is 14.4 Å². The van der Waals surface area contributed by atoms with Crippen LogP contribution in [0.4, 0.5) is 0 Å². The van der Waals surface area contributed by atoms with Crippen molar-refractivity contribution < 1.29 is 23.5 Å². The minimum atomic E-state index is -0.603. The van der Waals surface area contributed by atoms with Gasteiger partial charge in [0.2, 0.25) is 0 Å². The molecule has 1 aliphatic heterocycles. The lowest BCUT2D eigenvalue weighted by molar-refractivity contribution is -0.148. The van der Waals surface area contributed by atoms with Gasteiger partial charge in [-0.3, -0.25) is 9.59 Å². The van der Waals surface area contributed by atoms with Crippen molar-refractivity contribution in [1.82, 2.24) is 14.8 Å². The standard InChI is InChI=1S/C21H19N3O5S/c25-19(23-9-11-24(12-10-23)21(27)16-5-3-13-28-16)14-29-20(26)8-7-18-22-15-4-1-2-6-17(15)30-18/h1-8,13H,9-12,14H2. The number of aromatic nitrogens is 1. The fraction of sp³-hybridized carbons (Fsp3) is 0.238. The van der Waals surface area contributed by atoms with Crippen LogP contribution in [0.5, 0.6) is 0 Å². The maximum absolute atomic E-state index is 12.3. The summed E-state index contributed by atoms with van der Waals surface area (Å²) in [7, 11) is 0. The van der Waals surface area contributed by atoms with Crippen LogP contribution in [0, 0.1) is 0 Å². The number of nitrogens with zero attached hydrogens (tertiary/aromatic N) is 3. The van der Waals surface area contributed by atoms with Gasteiger partial charge in [-0.05, 0) is 30.3 Å². The Labute approximate surface area is 176 Å². The Morgan fingerprint density at radius 1 is 1.07 bits per heavy atom. The fourth-order valence-corrected chi connectivity index (χ4v) is 3.96. The molecule has 1 saturated heterocycles. The lowest BCUT2D eigenvalue weighted by Gasteiger charge is -2.34. The van der Waals surface area contributed by atoms with E-state index in [0.29, 0.717) is 31.2 Å². The fourth-order valence-electron chi connectivity index (χ4n) is 3.09. The number of amides is 2. The number of carbonyl (C=O) groups is 3. The summed E-state index contributed by atoms with van der Waals surface area (Å²) < 4.78 is 11.2. The molecule has 0 aliphatic carbocycles. The van der Waals surface area contributed by atoms with Crippen LogP contribution in [0.3, 0.4) is 0 Å². The molecule has 0 bridgehead atoms. The highest BCUT2D eigenvalue weighted by atomic mass is 32.1. The molecule has 0 saturated carbocycles. The Morgan fingerprint density at radius 2 is 1.83 bits per heavy atom. The number of carbonyl (C=O) groups excluding carboxylic acids is 3. The normalized spacial score (nSPS) is 14.4. The molecule has 1 fully saturated rings. The topological polar surface area (TPSA) is 93.0 Å². The van der Waals surface area contributed by atoms with Gasteiger partial charge < -0.3 is 19.0 Å². The maximum Gasteiger partial charge on any atom is 0.331 e. The molecule has 0 radical (unpaired) electrons. The summed E-state index contributed by atoms with van der Waals surface area (Å²) in [5.41, 5.74) is 0.871. The lowest BCUT2D eigenvalue weighted by atomic mass is 10.3. The monoisotopic (exact) mass is 425 g/mol. The second-order valence-corrected chi connectivity index (χ2v) is 7.67. The molecule has 4 rings (SSSR count). The van der Waals surface area contributed by atoms with Crippen LogP contribution in [0.2, 0.25) is 0 Å². The zero-order chi connectivity index (χ0) is 20.9. The Balaban J connectivity index is 1.22. The van der Waals surface area contributed by atoms with Gasteiger partial charge in [0, 0.05) is 32.3 Å². The first-order chi connectivity index (χ1) is 14.6. The van der Waals surface area contributed by atoms with Crippen LogP contribution in [-0.2, 0) is 14.3 Å². The van der Waals surface area contributed by atoms with Gasteiger partial charge in [0.1, 0.15) is 5.01 Å². The van der Waals surface area contributed by atoms with Crippen LogP contribution in [0.15, 0.2) is 53.2 Å². The van der Waals surface area contributed by atoms with E-state index in [4.69, 9.17) is 9.15 Å². The van der Waals surface area contributed by atoms with Crippen molar-refractivity contribution in [2.75, 3.05) is 32.8 Å². The second-order valence-electron chi connectivity index (χ2n) is 6.61. The minimum absolute atomic E-state index is 0.196. The molecule has 30 heavy (non-hydrogen) atoms. The number of rotatable bonds is 5. The molecule has 0 N–H and O–H groups in total. The summed E-state index contributed by atoms with van der Waals surface area (Å²) >= 11 is 1.47. The first-order valence-electron chi connectivity index (χ1n) is 9.41. The molecule has 154 valence electrons. The number of furan rings is 1. The molecule has 3 heterocycles. The molecular weight excluding hydrogens is 406 g/mol. The Hall–Kier alpha value is -3.46. The van der Waals surface area contributed by atoms with Gasteiger partial charge in [-0.25, -0.2) is 9.78 Å². The number of thiazole rings is 1. The molecule has 3 aromatic rings. The predicted molar refractivity (Wildman–Crippen MR) is 111 cm³/mol. The average molecular weight is 425 g/mol.